The van der Waals surface area contributed by atoms with E-state index in [1.54, 1.807) is 0 Å². The zero-order chi connectivity index (χ0) is 11.3. The van der Waals surface area contributed by atoms with Crippen LogP contribution < -0.4 is 5.73 Å². The van der Waals surface area contributed by atoms with Crippen LogP contribution in [-0.2, 0) is 6.42 Å². The van der Waals surface area contributed by atoms with Crippen LogP contribution in [0.1, 0.15) is 29.5 Å². The van der Waals surface area contributed by atoms with Crippen LogP contribution >= 0.6 is 0 Å². The number of hydrogen-bond acceptors (Lipinski definition) is 2. The summed E-state index contributed by atoms with van der Waals surface area (Å²) in [4.78, 5) is 0. The Kier molecular flexibility index (Phi) is 4.79. The molecular weight excluding hydrogens is 186 g/mol. The third-order valence-electron chi connectivity index (χ3n) is 2.70. The highest BCUT2D eigenvalue weighted by Gasteiger charge is 2.07. The summed E-state index contributed by atoms with van der Waals surface area (Å²) in [5, 5.41) is 9.79. The van der Waals surface area contributed by atoms with Gasteiger partial charge < -0.3 is 10.8 Å². The molecule has 0 aliphatic heterocycles. The molecule has 1 unspecified atom stereocenters. The minimum Gasteiger partial charge on any atom is -0.393 e. The normalized spacial score (nSPS) is 12.8. The zero-order valence-corrected chi connectivity index (χ0v) is 9.66. The number of aliphatic hydroxyl groups excluding tert-OH is 1. The lowest BCUT2D eigenvalue weighted by atomic mass is 9.98. The van der Waals surface area contributed by atoms with E-state index in [0.29, 0.717) is 6.54 Å². The molecule has 1 aromatic rings. The Labute approximate surface area is 92.1 Å². The standard InChI is InChI=1S/C13H21NO/c1-10-5-6-11(2)12(8-10)9-13(15)4-3-7-14/h5-6,8,13,15H,3-4,7,9,14H2,1-2H3. The lowest BCUT2D eigenvalue weighted by molar-refractivity contribution is 0.162. The molecule has 0 radical (unpaired) electrons. The molecule has 0 bridgehead atoms. The largest absolute Gasteiger partial charge is 0.393 e. The van der Waals surface area contributed by atoms with Crippen LogP contribution in [0, 0.1) is 13.8 Å². The predicted octanol–water partition coefficient (Wildman–Crippen LogP) is 1.95. The van der Waals surface area contributed by atoms with E-state index in [0.717, 1.165) is 19.3 Å². The van der Waals surface area contributed by atoms with Crippen LogP contribution in [0.4, 0.5) is 0 Å². The first-order chi connectivity index (χ1) is 7.13. The minimum atomic E-state index is -0.256. The van der Waals surface area contributed by atoms with Crippen molar-refractivity contribution in [2.24, 2.45) is 5.73 Å². The maximum atomic E-state index is 9.79. The number of aryl methyl sites for hydroxylation is 2. The minimum absolute atomic E-state index is 0.256. The molecule has 1 atom stereocenters. The quantitative estimate of drug-likeness (QED) is 0.775. The van der Waals surface area contributed by atoms with Gasteiger partial charge in [-0.15, -0.1) is 0 Å². The highest BCUT2D eigenvalue weighted by atomic mass is 16.3. The second-order valence-corrected chi connectivity index (χ2v) is 4.22. The van der Waals surface area contributed by atoms with E-state index in [4.69, 9.17) is 5.73 Å². The van der Waals surface area contributed by atoms with E-state index in [1.165, 1.54) is 16.7 Å². The number of rotatable bonds is 5. The average Bonchev–Trinajstić information content (AvgIpc) is 2.20. The van der Waals surface area contributed by atoms with Gasteiger partial charge in [0.15, 0.2) is 0 Å². The van der Waals surface area contributed by atoms with Gasteiger partial charge in [-0.2, -0.15) is 0 Å². The van der Waals surface area contributed by atoms with Crippen molar-refractivity contribution in [2.75, 3.05) is 6.54 Å². The third-order valence-corrected chi connectivity index (χ3v) is 2.70. The van der Waals surface area contributed by atoms with Gasteiger partial charge in [0.2, 0.25) is 0 Å². The van der Waals surface area contributed by atoms with Crippen LogP contribution in [0.5, 0.6) is 0 Å². The molecule has 0 spiro atoms. The molecule has 0 aliphatic carbocycles. The summed E-state index contributed by atoms with van der Waals surface area (Å²) in [5.74, 6) is 0. The van der Waals surface area contributed by atoms with E-state index in [2.05, 4.69) is 32.0 Å². The highest BCUT2D eigenvalue weighted by Crippen LogP contribution is 2.14. The van der Waals surface area contributed by atoms with E-state index < -0.39 is 0 Å². The van der Waals surface area contributed by atoms with Crippen molar-refractivity contribution in [3.05, 3.63) is 34.9 Å². The van der Waals surface area contributed by atoms with Crippen LogP contribution in [0.15, 0.2) is 18.2 Å². The summed E-state index contributed by atoms with van der Waals surface area (Å²) in [6, 6.07) is 6.37. The van der Waals surface area contributed by atoms with Gasteiger partial charge in [-0.05, 0) is 50.8 Å². The van der Waals surface area contributed by atoms with Crippen molar-refractivity contribution in [2.45, 2.75) is 39.2 Å². The van der Waals surface area contributed by atoms with Crippen molar-refractivity contribution in [1.29, 1.82) is 0 Å². The summed E-state index contributed by atoms with van der Waals surface area (Å²) in [6.45, 7) is 4.82. The van der Waals surface area contributed by atoms with Crippen molar-refractivity contribution < 1.29 is 5.11 Å². The zero-order valence-electron chi connectivity index (χ0n) is 9.66. The predicted molar refractivity (Wildman–Crippen MR) is 63.9 cm³/mol. The van der Waals surface area contributed by atoms with E-state index in [-0.39, 0.29) is 6.10 Å². The van der Waals surface area contributed by atoms with Gasteiger partial charge in [0.05, 0.1) is 6.10 Å². The van der Waals surface area contributed by atoms with E-state index in [9.17, 15) is 5.11 Å². The Morgan fingerprint density at radius 1 is 1.33 bits per heavy atom. The SMILES string of the molecule is Cc1ccc(C)c(CC(O)CCCN)c1. The van der Waals surface area contributed by atoms with Crippen molar-refractivity contribution >= 4 is 0 Å². The number of benzene rings is 1. The summed E-state index contributed by atoms with van der Waals surface area (Å²) in [5.41, 5.74) is 9.17. The van der Waals surface area contributed by atoms with Gasteiger partial charge in [-0.1, -0.05) is 23.8 Å². The Morgan fingerprint density at radius 3 is 2.73 bits per heavy atom. The van der Waals surface area contributed by atoms with Crippen LogP contribution in [-0.4, -0.2) is 17.8 Å². The van der Waals surface area contributed by atoms with Crippen molar-refractivity contribution in [1.82, 2.24) is 0 Å². The van der Waals surface area contributed by atoms with Crippen LogP contribution in [0.25, 0.3) is 0 Å². The van der Waals surface area contributed by atoms with Gasteiger partial charge >= 0.3 is 0 Å². The summed E-state index contributed by atoms with van der Waals surface area (Å²) in [6.07, 6.45) is 2.18. The molecule has 15 heavy (non-hydrogen) atoms. The average molecular weight is 207 g/mol. The molecule has 0 saturated heterocycles. The van der Waals surface area contributed by atoms with Gasteiger partial charge in [-0.25, -0.2) is 0 Å². The molecule has 0 amide bonds. The maximum Gasteiger partial charge on any atom is 0.0581 e. The maximum absolute atomic E-state index is 9.79. The highest BCUT2D eigenvalue weighted by molar-refractivity contribution is 5.30. The lowest BCUT2D eigenvalue weighted by Gasteiger charge is -2.12. The smallest absolute Gasteiger partial charge is 0.0581 e. The topological polar surface area (TPSA) is 46.2 Å². The number of aliphatic hydroxyl groups is 1. The van der Waals surface area contributed by atoms with Crippen LogP contribution in [0.2, 0.25) is 0 Å². The molecule has 0 fully saturated rings. The Bertz CT molecular complexity index is 309. The molecule has 0 heterocycles. The molecule has 0 aromatic heterocycles. The summed E-state index contributed by atoms with van der Waals surface area (Å²) in [7, 11) is 0. The molecule has 2 nitrogen and oxygen atoms in total. The molecule has 3 N–H and O–H groups in total. The summed E-state index contributed by atoms with van der Waals surface area (Å²) >= 11 is 0. The molecule has 1 aromatic carbocycles. The fraction of sp³-hybridized carbons (Fsp3) is 0.538. The van der Waals surface area contributed by atoms with Crippen molar-refractivity contribution in [3.8, 4) is 0 Å². The Hall–Kier alpha value is -0.860. The van der Waals surface area contributed by atoms with Gasteiger partial charge in [0, 0.05) is 0 Å². The van der Waals surface area contributed by atoms with Crippen LogP contribution in [0.3, 0.4) is 0 Å². The van der Waals surface area contributed by atoms with Gasteiger partial charge in [-0.3, -0.25) is 0 Å². The fourth-order valence-corrected chi connectivity index (χ4v) is 1.73. The fourth-order valence-electron chi connectivity index (χ4n) is 1.73. The van der Waals surface area contributed by atoms with E-state index in [1.807, 2.05) is 0 Å². The Morgan fingerprint density at radius 2 is 2.07 bits per heavy atom. The van der Waals surface area contributed by atoms with Gasteiger partial charge in [0.1, 0.15) is 0 Å². The molecule has 84 valence electrons. The molecular formula is C13H21NO. The van der Waals surface area contributed by atoms with Gasteiger partial charge in [0.25, 0.3) is 0 Å². The first-order valence-corrected chi connectivity index (χ1v) is 5.57. The lowest BCUT2D eigenvalue weighted by Crippen LogP contribution is -2.13. The molecule has 1 rings (SSSR count). The molecule has 2 heteroatoms. The Balaban J connectivity index is 2.59. The third kappa shape index (κ3) is 4.02. The summed E-state index contributed by atoms with van der Waals surface area (Å²) < 4.78 is 0. The number of nitrogens with two attached hydrogens (primary N) is 1. The first kappa shape index (κ1) is 12.2. The second-order valence-electron chi connectivity index (χ2n) is 4.22. The first-order valence-electron chi connectivity index (χ1n) is 5.57. The molecule has 0 aliphatic rings. The number of hydrogen-bond donors (Lipinski definition) is 2. The molecule has 0 saturated carbocycles. The monoisotopic (exact) mass is 207 g/mol. The second kappa shape index (κ2) is 5.89. The van der Waals surface area contributed by atoms with E-state index >= 15 is 0 Å². The van der Waals surface area contributed by atoms with Crippen molar-refractivity contribution in [3.63, 3.8) is 0 Å².